The minimum atomic E-state index is 0.324. The van der Waals surface area contributed by atoms with Gasteiger partial charge in [-0.25, -0.2) is 0 Å². The summed E-state index contributed by atoms with van der Waals surface area (Å²) < 4.78 is 0. The van der Waals surface area contributed by atoms with Crippen LogP contribution in [0.5, 0.6) is 0 Å². The van der Waals surface area contributed by atoms with E-state index >= 15 is 0 Å². The van der Waals surface area contributed by atoms with Gasteiger partial charge < -0.3 is 5.32 Å². The van der Waals surface area contributed by atoms with Crippen molar-refractivity contribution < 1.29 is 0 Å². The number of aryl methyl sites for hydroxylation is 2. The van der Waals surface area contributed by atoms with Gasteiger partial charge in [0.15, 0.2) is 0 Å². The zero-order chi connectivity index (χ0) is 14.8. The molecule has 0 aromatic heterocycles. The van der Waals surface area contributed by atoms with Crippen molar-refractivity contribution in [1.82, 2.24) is 0 Å². The van der Waals surface area contributed by atoms with Crippen LogP contribution in [0.4, 0.5) is 5.69 Å². The van der Waals surface area contributed by atoms with E-state index in [0.29, 0.717) is 6.04 Å². The summed E-state index contributed by atoms with van der Waals surface area (Å²) in [6, 6.07) is 15.7. The highest BCUT2D eigenvalue weighted by molar-refractivity contribution is 5.89. The van der Waals surface area contributed by atoms with Gasteiger partial charge in [0.1, 0.15) is 0 Å². The zero-order valence-corrected chi connectivity index (χ0v) is 12.9. The highest BCUT2D eigenvalue weighted by atomic mass is 14.9. The third-order valence-corrected chi connectivity index (χ3v) is 4.84. The molecule has 0 bridgehead atoms. The lowest BCUT2D eigenvalue weighted by Gasteiger charge is -2.23. The molecular formula is C20H22N2. The monoisotopic (exact) mass is 290 g/mol. The summed E-state index contributed by atoms with van der Waals surface area (Å²) in [5.74, 6) is 0. The Morgan fingerprint density at radius 3 is 2.82 bits per heavy atom. The van der Waals surface area contributed by atoms with E-state index in [4.69, 9.17) is 4.99 Å². The third kappa shape index (κ3) is 2.54. The second kappa shape index (κ2) is 5.96. The van der Waals surface area contributed by atoms with Crippen LogP contribution in [0.2, 0.25) is 0 Å². The number of hydrogen-bond acceptors (Lipinski definition) is 2. The molecule has 4 rings (SSSR count). The molecule has 0 radical (unpaired) electrons. The highest BCUT2D eigenvalue weighted by Gasteiger charge is 2.18. The van der Waals surface area contributed by atoms with Gasteiger partial charge in [0, 0.05) is 24.0 Å². The Balaban J connectivity index is 1.63. The molecule has 1 N–H and O–H groups in total. The SMILES string of the molecule is C(=NC1CCCc2ccccc21)c1cccc2c1NCCC2. The van der Waals surface area contributed by atoms with E-state index in [1.54, 1.807) is 0 Å². The second-order valence-corrected chi connectivity index (χ2v) is 6.30. The van der Waals surface area contributed by atoms with Crippen LogP contribution in [0.25, 0.3) is 0 Å². The summed E-state index contributed by atoms with van der Waals surface area (Å²) in [4.78, 5) is 4.94. The number of nitrogens with zero attached hydrogens (tertiary/aromatic N) is 1. The predicted octanol–water partition coefficient (Wildman–Crippen LogP) is 4.54. The maximum atomic E-state index is 4.94. The number of para-hydroxylation sites is 1. The van der Waals surface area contributed by atoms with Crippen molar-refractivity contribution in [3.63, 3.8) is 0 Å². The largest absolute Gasteiger partial charge is 0.384 e. The van der Waals surface area contributed by atoms with E-state index in [9.17, 15) is 0 Å². The first kappa shape index (κ1) is 13.6. The number of anilines is 1. The van der Waals surface area contributed by atoms with Crippen molar-refractivity contribution in [2.75, 3.05) is 11.9 Å². The molecule has 1 heterocycles. The van der Waals surface area contributed by atoms with Crippen molar-refractivity contribution >= 4 is 11.9 Å². The van der Waals surface area contributed by atoms with Gasteiger partial charge in [-0.3, -0.25) is 4.99 Å². The summed E-state index contributed by atoms with van der Waals surface area (Å²) in [6.45, 7) is 1.07. The van der Waals surface area contributed by atoms with Crippen LogP contribution in [0, 0.1) is 0 Å². The predicted molar refractivity (Wildman–Crippen MR) is 93.0 cm³/mol. The van der Waals surface area contributed by atoms with E-state index in [1.165, 1.54) is 53.6 Å². The molecule has 22 heavy (non-hydrogen) atoms. The molecule has 1 unspecified atom stereocenters. The fourth-order valence-electron chi connectivity index (χ4n) is 3.70. The van der Waals surface area contributed by atoms with E-state index in [-0.39, 0.29) is 0 Å². The Kier molecular flexibility index (Phi) is 3.67. The molecule has 0 saturated heterocycles. The summed E-state index contributed by atoms with van der Waals surface area (Å²) in [5.41, 5.74) is 6.85. The van der Waals surface area contributed by atoms with Crippen LogP contribution in [0.3, 0.4) is 0 Å². The Bertz CT molecular complexity index is 703. The fourth-order valence-corrected chi connectivity index (χ4v) is 3.70. The Morgan fingerprint density at radius 2 is 1.82 bits per heavy atom. The molecule has 1 aliphatic heterocycles. The van der Waals surface area contributed by atoms with Crippen molar-refractivity contribution in [3.8, 4) is 0 Å². The van der Waals surface area contributed by atoms with Gasteiger partial charge in [0.25, 0.3) is 0 Å². The van der Waals surface area contributed by atoms with E-state index in [2.05, 4.69) is 54.0 Å². The second-order valence-electron chi connectivity index (χ2n) is 6.30. The van der Waals surface area contributed by atoms with Crippen LogP contribution in [0.15, 0.2) is 47.5 Å². The molecule has 2 aromatic rings. The molecule has 2 heteroatoms. The number of nitrogens with one attached hydrogen (secondary N) is 1. The minimum Gasteiger partial charge on any atom is -0.384 e. The highest BCUT2D eigenvalue weighted by Crippen LogP contribution is 2.33. The lowest BCUT2D eigenvalue weighted by molar-refractivity contribution is 0.574. The van der Waals surface area contributed by atoms with Gasteiger partial charge in [-0.05, 0) is 48.8 Å². The first-order chi connectivity index (χ1) is 10.9. The molecule has 1 aliphatic carbocycles. The Morgan fingerprint density at radius 1 is 0.955 bits per heavy atom. The van der Waals surface area contributed by atoms with Crippen molar-refractivity contribution in [1.29, 1.82) is 0 Å². The molecule has 0 amide bonds. The van der Waals surface area contributed by atoms with E-state index in [0.717, 1.165) is 13.0 Å². The van der Waals surface area contributed by atoms with E-state index < -0.39 is 0 Å². The molecule has 2 aliphatic rings. The van der Waals surface area contributed by atoms with Crippen molar-refractivity contribution in [2.45, 2.75) is 38.1 Å². The summed E-state index contributed by atoms with van der Waals surface area (Å²) in [7, 11) is 0. The molecule has 0 spiro atoms. The zero-order valence-electron chi connectivity index (χ0n) is 12.9. The molecule has 1 atom stereocenters. The maximum absolute atomic E-state index is 4.94. The standard InChI is InChI=1S/C20H22N2/c1-2-11-18-15(6-1)7-4-12-19(18)22-14-17-9-3-8-16-10-5-13-21-20(16)17/h1-3,6,8-9,11,14,19,21H,4-5,7,10,12-13H2. The molecule has 2 aromatic carbocycles. The first-order valence-electron chi connectivity index (χ1n) is 8.38. The number of rotatable bonds is 2. The van der Waals surface area contributed by atoms with Gasteiger partial charge in [-0.1, -0.05) is 42.5 Å². The summed E-state index contributed by atoms with van der Waals surface area (Å²) in [6.07, 6.45) is 8.09. The molecular weight excluding hydrogens is 268 g/mol. The number of fused-ring (bicyclic) bond motifs is 2. The van der Waals surface area contributed by atoms with E-state index in [1.807, 2.05) is 0 Å². The number of hydrogen-bond donors (Lipinski definition) is 1. The molecule has 0 saturated carbocycles. The third-order valence-electron chi connectivity index (χ3n) is 4.84. The first-order valence-corrected chi connectivity index (χ1v) is 8.38. The van der Waals surface area contributed by atoms with Crippen LogP contribution in [-0.2, 0) is 12.8 Å². The summed E-state index contributed by atoms with van der Waals surface area (Å²) >= 11 is 0. The quantitative estimate of drug-likeness (QED) is 0.807. The van der Waals surface area contributed by atoms with Gasteiger partial charge in [-0.15, -0.1) is 0 Å². The van der Waals surface area contributed by atoms with Crippen LogP contribution in [-0.4, -0.2) is 12.8 Å². The molecule has 2 nitrogen and oxygen atoms in total. The van der Waals surface area contributed by atoms with Crippen molar-refractivity contribution in [3.05, 3.63) is 64.7 Å². The summed E-state index contributed by atoms with van der Waals surface area (Å²) in [5, 5.41) is 3.55. The smallest absolute Gasteiger partial charge is 0.0752 e. The van der Waals surface area contributed by atoms with Gasteiger partial charge in [0.05, 0.1) is 6.04 Å². The number of benzene rings is 2. The van der Waals surface area contributed by atoms with Gasteiger partial charge in [-0.2, -0.15) is 0 Å². The average Bonchev–Trinajstić information content (AvgIpc) is 2.60. The Hall–Kier alpha value is -2.09. The molecule has 0 fully saturated rings. The van der Waals surface area contributed by atoms with Gasteiger partial charge in [0.2, 0.25) is 0 Å². The average molecular weight is 290 g/mol. The lowest BCUT2D eigenvalue weighted by Crippen LogP contribution is -2.14. The maximum Gasteiger partial charge on any atom is 0.0752 e. The fraction of sp³-hybridized carbons (Fsp3) is 0.350. The van der Waals surface area contributed by atoms with Crippen molar-refractivity contribution in [2.24, 2.45) is 4.99 Å². The Labute approximate surface area is 132 Å². The van der Waals surface area contributed by atoms with Crippen LogP contribution >= 0.6 is 0 Å². The normalized spacial score (nSPS) is 20.3. The molecule has 112 valence electrons. The minimum absolute atomic E-state index is 0.324. The topological polar surface area (TPSA) is 24.4 Å². The lowest BCUT2D eigenvalue weighted by atomic mass is 9.88. The number of aliphatic imine (C=N–C) groups is 1. The van der Waals surface area contributed by atoms with Crippen LogP contribution in [0.1, 0.15) is 47.6 Å². The van der Waals surface area contributed by atoms with Crippen LogP contribution < -0.4 is 5.32 Å². The van der Waals surface area contributed by atoms with Gasteiger partial charge >= 0.3 is 0 Å².